The summed E-state index contributed by atoms with van der Waals surface area (Å²) in [6.07, 6.45) is 3.98. The maximum Gasteiger partial charge on any atom is 0.161 e. The zero-order chi connectivity index (χ0) is 13.4. The number of benzene rings is 1. The van der Waals surface area contributed by atoms with Crippen molar-refractivity contribution in [2.24, 2.45) is 0 Å². The van der Waals surface area contributed by atoms with E-state index in [4.69, 9.17) is 4.74 Å². The summed E-state index contributed by atoms with van der Waals surface area (Å²) in [6, 6.07) is 5.27. The summed E-state index contributed by atoms with van der Waals surface area (Å²) in [6.45, 7) is 4.48. The second kappa shape index (κ2) is 7.75. The first-order valence-corrected chi connectivity index (χ1v) is 6.63. The Bertz CT molecular complexity index is 385. The highest BCUT2D eigenvalue weighted by Gasteiger charge is 2.06. The number of Topliss-reactive ketones (excluding diaryl/α,β-unsaturated/α-hetero) is 1. The Labute approximate surface area is 109 Å². The normalized spacial score (nSPS) is 10.3. The fraction of sp³-hybridized carbons (Fsp3) is 0.533. The molecule has 3 heteroatoms. The molecule has 0 saturated carbocycles. The van der Waals surface area contributed by atoms with Gasteiger partial charge in [0.1, 0.15) is 5.78 Å². The third kappa shape index (κ3) is 4.78. The summed E-state index contributed by atoms with van der Waals surface area (Å²) in [4.78, 5) is 11.6. The number of ether oxygens (including phenoxy) is 1. The average molecular weight is 250 g/mol. The van der Waals surface area contributed by atoms with Crippen LogP contribution < -0.4 is 4.74 Å². The number of phenols is 1. The van der Waals surface area contributed by atoms with Crippen LogP contribution in [-0.4, -0.2) is 17.5 Å². The lowest BCUT2D eigenvalue weighted by Gasteiger charge is -2.08. The molecule has 0 aliphatic rings. The summed E-state index contributed by atoms with van der Waals surface area (Å²) >= 11 is 0. The van der Waals surface area contributed by atoms with Gasteiger partial charge in [-0.05, 0) is 37.5 Å². The molecule has 0 radical (unpaired) electrons. The van der Waals surface area contributed by atoms with E-state index in [2.05, 4.69) is 6.92 Å². The molecule has 100 valence electrons. The van der Waals surface area contributed by atoms with Gasteiger partial charge in [0.15, 0.2) is 11.5 Å². The van der Waals surface area contributed by atoms with E-state index in [9.17, 15) is 9.90 Å². The molecule has 0 unspecified atom stereocenters. The Morgan fingerprint density at radius 3 is 2.72 bits per heavy atom. The van der Waals surface area contributed by atoms with Crippen molar-refractivity contribution < 1.29 is 14.6 Å². The molecule has 0 aliphatic heterocycles. The third-order valence-electron chi connectivity index (χ3n) is 2.83. The van der Waals surface area contributed by atoms with Gasteiger partial charge in [0, 0.05) is 12.8 Å². The van der Waals surface area contributed by atoms with E-state index in [1.807, 2.05) is 19.1 Å². The van der Waals surface area contributed by atoms with Crippen molar-refractivity contribution in [1.29, 1.82) is 0 Å². The first-order valence-electron chi connectivity index (χ1n) is 6.63. The summed E-state index contributed by atoms with van der Waals surface area (Å²) in [7, 11) is 0. The van der Waals surface area contributed by atoms with Crippen LogP contribution in [0.25, 0.3) is 0 Å². The van der Waals surface area contributed by atoms with Crippen molar-refractivity contribution in [2.45, 2.75) is 46.0 Å². The minimum atomic E-state index is 0.151. The van der Waals surface area contributed by atoms with Gasteiger partial charge in [0.05, 0.1) is 6.61 Å². The number of carbonyl (C=O) groups excluding carboxylic acids is 1. The number of ketones is 1. The van der Waals surface area contributed by atoms with Crippen LogP contribution >= 0.6 is 0 Å². The molecule has 1 aromatic carbocycles. The number of hydrogen-bond donors (Lipinski definition) is 1. The first kappa shape index (κ1) is 14.6. The Morgan fingerprint density at radius 2 is 2.06 bits per heavy atom. The molecule has 1 N–H and O–H groups in total. The fourth-order valence-electron chi connectivity index (χ4n) is 1.77. The maximum atomic E-state index is 11.6. The van der Waals surface area contributed by atoms with Gasteiger partial charge in [0.25, 0.3) is 0 Å². The van der Waals surface area contributed by atoms with Crippen LogP contribution in [0, 0.1) is 0 Å². The van der Waals surface area contributed by atoms with Crippen molar-refractivity contribution in [3.8, 4) is 11.5 Å². The van der Waals surface area contributed by atoms with Crippen LogP contribution in [-0.2, 0) is 11.2 Å². The second-order valence-corrected chi connectivity index (χ2v) is 4.38. The highest BCUT2D eigenvalue weighted by Crippen LogP contribution is 2.27. The molecular weight excluding hydrogens is 228 g/mol. The van der Waals surface area contributed by atoms with Gasteiger partial charge < -0.3 is 9.84 Å². The number of unbranched alkanes of at least 4 members (excludes halogenated alkanes) is 1. The van der Waals surface area contributed by atoms with Crippen molar-refractivity contribution in [2.75, 3.05) is 6.61 Å². The van der Waals surface area contributed by atoms with E-state index in [1.165, 1.54) is 0 Å². The summed E-state index contributed by atoms with van der Waals surface area (Å²) in [5.41, 5.74) is 1.03. The van der Waals surface area contributed by atoms with E-state index in [1.54, 1.807) is 6.07 Å². The summed E-state index contributed by atoms with van der Waals surface area (Å²) < 4.78 is 5.31. The predicted molar refractivity (Wildman–Crippen MR) is 72.1 cm³/mol. The van der Waals surface area contributed by atoms with Gasteiger partial charge in [0.2, 0.25) is 0 Å². The van der Waals surface area contributed by atoms with Crippen LogP contribution in [0.2, 0.25) is 0 Å². The number of phenolic OH excluding ortho intramolecular Hbond substituents is 1. The average Bonchev–Trinajstić information content (AvgIpc) is 2.37. The standard InChI is InChI=1S/C15H22O3/c1-3-5-6-13(16)9-7-12-8-10-14(17)15(11-12)18-4-2/h8,10-11,17H,3-7,9H2,1-2H3. The van der Waals surface area contributed by atoms with E-state index in [-0.39, 0.29) is 5.75 Å². The summed E-state index contributed by atoms with van der Waals surface area (Å²) in [5, 5.41) is 9.57. The minimum absolute atomic E-state index is 0.151. The smallest absolute Gasteiger partial charge is 0.161 e. The quantitative estimate of drug-likeness (QED) is 0.768. The zero-order valence-electron chi connectivity index (χ0n) is 11.2. The number of rotatable bonds is 8. The van der Waals surface area contributed by atoms with Crippen LogP contribution in [0.15, 0.2) is 18.2 Å². The van der Waals surface area contributed by atoms with Gasteiger partial charge in [-0.25, -0.2) is 0 Å². The minimum Gasteiger partial charge on any atom is -0.504 e. The molecule has 0 fully saturated rings. The van der Waals surface area contributed by atoms with Crippen LogP contribution in [0.1, 0.15) is 45.1 Å². The lowest BCUT2D eigenvalue weighted by molar-refractivity contribution is -0.119. The molecule has 1 rings (SSSR count). The zero-order valence-corrected chi connectivity index (χ0v) is 11.2. The second-order valence-electron chi connectivity index (χ2n) is 4.38. The van der Waals surface area contributed by atoms with Gasteiger partial charge in [-0.3, -0.25) is 4.79 Å². The molecule has 0 aromatic heterocycles. The molecule has 0 heterocycles. The Hall–Kier alpha value is -1.51. The summed E-state index contributed by atoms with van der Waals surface area (Å²) in [5.74, 6) is 0.955. The van der Waals surface area contributed by atoms with E-state index < -0.39 is 0 Å². The van der Waals surface area contributed by atoms with E-state index in [0.717, 1.165) is 18.4 Å². The molecule has 0 bridgehead atoms. The topological polar surface area (TPSA) is 46.5 Å². The lowest BCUT2D eigenvalue weighted by atomic mass is 10.0. The largest absolute Gasteiger partial charge is 0.504 e. The predicted octanol–water partition coefficient (Wildman–Crippen LogP) is 3.48. The fourth-order valence-corrected chi connectivity index (χ4v) is 1.77. The molecule has 1 aromatic rings. The van der Waals surface area contributed by atoms with Crippen molar-refractivity contribution >= 4 is 5.78 Å². The number of aromatic hydroxyl groups is 1. The van der Waals surface area contributed by atoms with Crippen molar-refractivity contribution in [1.82, 2.24) is 0 Å². The lowest BCUT2D eigenvalue weighted by Crippen LogP contribution is -2.00. The Balaban J connectivity index is 2.52. The van der Waals surface area contributed by atoms with Crippen LogP contribution in [0.3, 0.4) is 0 Å². The number of carbonyl (C=O) groups is 1. The van der Waals surface area contributed by atoms with E-state index in [0.29, 0.717) is 37.4 Å². The molecule has 3 nitrogen and oxygen atoms in total. The molecule has 0 atom stereocenters. The maximum absolute atomic E-state index is 11.6. The molecule has 0 amide bonds. The first-order chi connectivity index (χ1) is 8.67. The molecule has 18 heavy (non-hydrogen) atoms. The number of aryl methyl sites for hydroxylation is 1. The SMILES string of the molecule is CCCCC(=O)CCc1ccc(O)c(OCC)c1. The van der Waals surface area contributed by atoms with Gasteiger partial charge >= 0.3 is 0 Å². The Kier molecular flexibility index (Phi) is 6.26. The van der Waals surface area contributed by atoms with Crippen molar-refractivity contribution in [3.05, 3.63) is 23.8 Å². The third-order valence-corrected chi connectivity index (χ3v) is 2.83. The van der Waals surface area contributed by atoms with E-state index >= 15 is 0 Å². The highest BCUT2D eigenvalue weighted by molar-refractivity contribution is 5.78. The van der Waals surface area contributed by atoms with Gasteiger partial charge in [-0.15, -0.1) is 0 Å². The molecule has 0 aliphatic carbocycles. The molecule has 0 spiro atoms. The molecular formula is C15H22O3. The highest BCUT2D eigenvalue weighted by atomic mass is 16.5. The van der Waals surface area contributed by atoms with Crippen molar-refractivity contribution in [3.63, 3.8) is 0 Å². The molecule has 0 saturated heterocycles. The van der Waals surface area contributed by atoms with Gasteiger partial charge in [-0.2, -0.15) is 0 Å². The monoisotopic (exact) mass is 250 g/mol. The number of hydrogen-bond acceptors (Lipinski definition) is 3. The van der Waals surface area contributed by atoms with Crippen LogP contribution in [0.5, 0.6) is 11.5 Å². The van der Waals surface area contributed by atoms with Crippen LogP contribution in [0.4, 0.5) is 0 Å². The van der Waals surface area contributed by atoms with Gasteiger partial charge in [-0.1, -0.05) is 19.4 Å². The Morgan fingerprint density at radius 1 is 1.28 bits per heavy atom.